The van der Waals surface area contributed by atoms with Gasteiger partial charge in [0.25, 0.3) is 0 Å². The van der Waals surface area contributed by atoms with E-state index in [0.29, 0.717) is 0 Å². The summed E-state index contributed by atoms with van der Waals surface area (Å²) in [5, 5.41) is 2.11. The van der Waals surface area contributed by atoms with Crippen LogP contribution in [0.5, 0.6) is 0 Å². The molecule has 0 aromatic heterocycles. The number of hydrogen-bond donors (Lipinski definition) is 1. The van der Waals surface area contributed by atoms with Crippen molar-refractivity contribution < 1.29 is 42.2 Å². The minimum atomic E-state index is -0.498. The van der Waals surface area contributed by atoms with Gasteiger partial charge in [-0.25, -0.2) is 4.79 Å². The zero-order valence-corrected chi connectivity index (χ0v) is 11.1. The number of ether oxygens (including phenoxy) is 1. The van der Waals surface area contributed by atoms with Gasteiger partial charge >= 0.3 is 6.09 Å². The van der Waals surface area contributed by atoms with Crippen LogP contribution in [0.4, 0.5) is 4.79 Å². The molecule has 0 aliphatic carbocycles. The van der Waals surface area contributed by atoms with Crippen LogP contribution in [0.2, 0.25) is 0 Å². The van der Waals surface area contributed by atoms with E-state index in [2.05, 4.69) is 19.3 Å². The molecule has 71 valence electrons. The molecule has 0 atom stereocenters. The number of hydrogen-bond acceptors (Lipinski definition) is 2. The van der Waals surface area contributed by atoms with Gasteiger partial charge < -0.3 is 17.0 Å². The maximum Gasteiger partial charge on any atom is 0.377 e. The van der Waals surface area contributed by atoms with Gasteiger partial charge in [0.05, 0.1) is 0 Å². The van der Waals surface area contributed by atoms with Crippen molar-refractivity contribution in [1.29, 1.82) is 0 Å². The topological polar surface area (TPSA) is 38.3 Å². The number of rotatable bonds is 0. The molecule has 0 aromatic carbocycles. The van der Waals surface area contributed by atoms with Gasteiger partial charge in [-0.1, -0.05) is 0 Å². The zero-order valence-electron chi connectivity index (χ0n) is 8.31. The molecule has 12 heavy (non-hydrogen) atoms. The van der Waals surface area contributed by atoms with Gasteiger partial charge in [-0.15, -0.1) is 0 Å². The fraction of sp³-hybridized carbons (Fsp3) is 0.625. The average Bonchev–Trinajstić information content (AvgIpc) is 1.89. The molecule has 0 unspecified atom stereocenters. The first-order valence-corrected chi connectivity index (χ1v) is 3.42. The third-order valence-electron chi connectivity index (χ3n) is 0.543. The quantitative estimate of drug-likeness (QED) is 0.667. The van der Waals surface area contributed by atoms with Gasteiger partial charge in [0.15, 0.2) is 0 Å². The fourth-order valence-corrected chi connectivity index (χ4v) is 0.314. The molecule has 0 rings (SSSR count). The summed E-state index contributed by atoms with van der Waals surface area (Å²) in [4.78, 5) is 10.4. The SMILES string of the molecule is [CH2-]C.[CH2-]NC(=O)OC(C)(C)C.[Y]. The van der Waals surface area contributed by atoms with Crippen LogP contribution in [0.25, 0.3) is 0 Å². The maximum absolute atomic E-state index is 10.4. The number of carbonyl (C=O) groups is 1. The minimum absolute atomic E-state index is 0. The molecular formula is C8H17NO2Y-2. The van der Waals surface area contributed by atoms with Crippen LogP contribution in [0, 0.1) is 14.0 Å². The van der Waals surface area contributed by atoms with Crippen molar-refractivity contribution in [3.63, 3.8) is 0 Å². The summed E-state index contributed by atoms with van der Waals surface area (Å²) in [6, 6.07) is 0. The minimum Gasteiger partial charge on any atom is -0.473 e. The molecular weight excluding hydrogens is 231 g/mol. The third kappa shape index (κ3) is 16.8. The molecule has 1 amide bonds. The molecule has 0 aliphatic rings. The van der Waals surface area contributed by atoms with Crippen molar-refractivity contribution in [2.45, 2.75) is 33.3 Å². The van der Waals surface area contributed by atoms with E-state index in [-0.39, 0.29) is 32.7 Å². The van der Waals surface area contributed by atoms with E-state index in [1.54, 1.807) is 27.7 Å². The Kier molecular flexibility index (Phi) is 14.4. The van der Waals surface area contributed by atoms with E-state index in [4.69, 9.17) is 4.74 Å². The molecule has 3 nitrogen and oxygen atoms in total. The van der Waals surface area contributed by atoms with Gasteiger partial charge in [-0.2, -0.15) is 6.92 Å². The van der Waals surface area contributed by atoms with Crippen LogP contribution in [0.1, 0.15) is 27.7 Å². The standard InChI is InChI=1S/C6H12NO2.C2H5.Y/c1-6(2,3)9-5(8)7-4;1-2;/h4H2,1-3H3,(H,7,8);1H2,2H3;/q2*-1;. The third-order valence-corrected chi connectivity index (χ3v) is 0.543. The van der Waals surface area contributed by atoms with Gasteiger partial charge in [0.2, 0.25) is 0 Å². The van der Waals surface area contributed by atoms with E-state index in [1.807, 2.05) is 0 Å². The molecule has 0 saturated heterocycles. The first kappa shape index (κ1) is 18.2. The maximum atomic E-state index is 10.4. The Labute approximate surface area is 101 Å². The zero-order chi connectivity index (χ0) is 9.49. The van der Waals surface area contributed by atoms with Crippen molar-refractivity contribution in [1.82, 2.24) is 5.32 Å². The van der Waals surface area contributed by atoms with E-state index in [1.165, 1.54) is 0 Å². The summed E-state index contributed by atoms with van der Waals surface area (Å²) in [6.45, 7) is 10.4. The Morgan fingerprint density at radius 1 is 1.33 bits per heavy atom. The largest absolute Gasteiger partial charge is 0.473 e. The van der Waals surface area contributed by atoms with Crippen LogP contribution in [0.3, 0.4) is 0 Å². The Bertz CT molecular complexity index is 110. The van der Waals surface area contributed by atoms with Crippen molar-refractivity contribution >= 4 is 6.09 Å². The molecule has 0 spiro atoms. The van der Waals surface area contributed by atoms with E-state index in [9.17, 15) is 4.79 Å². The summed E-state index contributed by atoms with van der Waals surface area (Å²) in [7, 11) is 3.15. The van der Waals surface area contributed by atoms with Crippen molar-refractivity contribution in [2.24, 2.45) is 0 Å². The summed E-state index contributed by atoms with van der Waals surface area (Å²) >= 11 is 0. The number of carbonyl (C=O) groups excluding carboxylic acids is 1. The molecule has 0 aliphatic heterocycles. The average molecular weight is 248 g/mol. The van der Waals surface area contributed by atoms with Crippen molar-refractivity contribution in [2.75, 3.05) is 0 Å². The summed E-state index contributed by atoms with van der Waals surface area (Å²) < 4.78 is 4.77. The molecule has 0 bridgehead atoms. The summed E-state index contributed by atoms with van der Waals surface area (Å²) in [6.07, 6.45) is -0.498. The second-order valence-electron chi connectivity index (χ2n) is 2.68. The Morgan fingerprint density at radius 3 is 1.75 bits per heavy atom. The second-order valence-corrected chi connectivity index (χ2v) is 2.68. The Morgan fingerprint density at radius 2 is 1.67 bits per heavy atom. The predicted molar refractivity (Wildman–Crippen MR) is 45.8 cm³/mol. The van der Waals surface area contributed by atoms with E-state index >= 15 is 0 Å². The molecule has 4 heteroatoms. The van der Waals surface area contributed by atoms with Crippen LogP contribution in [-0.4, -0.2) is 11.7 Å². The Balaban J connectivity index is -0.000000249. The summed E-state index contributed by atoms with van der Waals surface area (Å²) in [5.74, 6) is 0. The fourth-order valence-electron chi connectivity index (χ4n) is 0.314. The van der Waals surface area contributed by atoms with E-state index < -0.39 is 11.7 Å². The predicted octanol–water partition coefficient (Wildman–Crippen LogP) is 2.14. The molecule has 0 fully saturated rings. The first-order valence-electron chi connectivity index (χ1n) is 3.42. The van der Waals surface area contributed by atoms with Crippen molar-refractivity contribution in [3.8, 4) is 0 Å². The molecule has 0 heterocycles. The van der Waals surface area contributed by atoms with E-state index in [0.717, 1.165) is 0 Å². The molecule has 0 saturated carbocycles. The van der Waals surface area contributed by atoms with Crippen LogP contribution >= 0.6 is 0 Å². The Hall–Kier alpha value is 0.374. The second kappa shape index (κ2) is 9.46. The van der Waals surface area contributed by atoms with Crippen LogP contribution in [-0.2, 0) is 37.4 Å². The number of amides is 1. The normalized spacial score (nSPS) is 8.50. The molecule has 0 aromatic rings. The smallest absolute Gasteiger partial charge is 0.377 e. The van der Waals surface area contributed by atoms with Crippen LogP contribution in [0.15, 0.2) is 0 Å². The van der Waals surface area contributed by atoms with Crippen molar-refractivity contribution in [3.05, 3.63) is 14.0 Å². The van der Waals surface area contributed by atoms with Gasteiger partial charge in [0, 0.05) is 32.7 Å². The molecule has 1 N–H and O–H groups in total. The first-order chi connectivity index (χ1) is 4.95. The van der Waals surface area contributed by atoms with Gasteiger partial charge in [0.1, 0.15) is 5.60 Å². The summed E-state index contributed by atoms with van der Waals surface area (Å²) in [5.41, 5.74) is -0.429. The monoisotopic (exact) mass is 248 g/mol. The van der Waals surface area contributed by atoms with Gasteiger partial charge in [-0.05, 0) is 20.8 Å². The number of alkyl carbamates (subject to hydrolysis) is 1. The van der Waals surface area contributed by atoms with Crippen LogP contribution < -0.4 is 5.32 Å². The number of nitrogens with one attached hydrogen (secondary N) is 1. The molecule has 1 radical (unpaired) electrons. The van der Waals surface area contributed by atoms with Gasteiger partial charge in [-0.3, -0.25) is 7.05 Å².